The van der Waals surface area contributed by atoms with Gasteiger partial charge in [0.25, 0.3) is 0 Å². The summed E-state index contributed by atoms with van der Waals surface area (Å²) in [6, 6.07) is 1.65. The number of ether oxygens (including phenoxy) is 1. The number of rotatable bonds is 5. The Balaban J connectivity index is 2.23. The predicted molar refractivity (Wildman–Crippen MR) is 64.0 cm³/mol. The molecule has 7 nitrogen and oxygen atoms in total. The lowest BCUT2D eigenvalue weighted by molar-refractivity contribution is 0.355. The van der Waals surface area contributed by atoms with Crippen LogP contribution in [0.4, 0.5) is 0 Å². The van der Waals surface area contributed by atoms with E-state index in [9.17, 15) is 0 Å². The standard InChI is InChI=1S/C11H15N5O2/c1-7(3-4-12)11-15-10(16-18-11)8-5-9(17-2)14-6-13-8/h5-7H,3-4,12H2,1-2H3. The van der Waals surface area contributed by atoms with E-state index < -0.39 is 0 Å². The van der Waals surface area contributed by atoms with Gasteiger partial charge in [0.15, 0.2) is 0 Å². The van der Waals surface area contributed by atoms with Crippen molar-refractivity contribution in [1.82, 2.24) is 20.1 Å². The molecule has 0 saturated heterocycles. The fraction of sp³-hybridized carbons (Fsp3) is 0.455. The van der Waals surface area contributed by atoms with Crippen molar-refractivity contribution in [2.75, 3.05) is 13.7 Å². The van der Waals surface area contributed by atoms with Crippen LogP contribution in [0, 0.1) is 0 Å². The summed E-state index contributed by atoms with van der Waals surface area (Å²) in [5, 5.41) is 3.89. The molecule has 0 fully saturated rings. The SMILES string of the molecule is COc1cc(-c2noc(C(C)CCN)n2)ncn1. The first-order valence-corrected chi connectivity index (χ1v) is 5.64. The topological polar surface area (TPSA) is 100.0 Å². The summed E-state index contributed by atoms with van der Waals surface area (Å²) >= 11 is 0. The van der Waals surface area contributed by atoms with Gasteiger partial charge in [-0.25, -0.2) is 9.97 Å². The Morgan fingerprint density at radius 3 is 3.00 bits per heavy atom. The lowest BCUT2D eigenvalue weighted by Gasteiger charge is -2.01. The number of aromatic nitrogens is 4. The highest BCUT2D eigenvalue weighted by atomic mass is 16.5. The molecule has 18 heavy (non-hydrogen) atoms. The van der Waals surface area contributed by atoms with E-state index in [1.807, 2.05) is 6.92 Å². The largest absolute Gasteiger partial charge is 0.481 e. The van der Waals surface area contributed by atoms with Gasteiger partial charge in [0, 0.05) is 12.0 Å². The Morgan fingerprint density at radius 1 is 1.44 bits per heavy atom. The molecule has 0 aliphatic rings. The van der Waals surface area contributed by atoms with Crippen molar-refractivity contribution >= 4 is 0 Å². The van der Waals surface area contributed by atoms with Crippen molar-refractivity contribution in [3.63, 3.8) is 0 Å². The molecule has 0 saturated carbocycles. The maximum absolute atomic E-state index is 5.50. The van der Waals surface area contributed by atoms with Gasteiger partial charge in [0.05, 0.1) is 7.11 Å². The summed E-state index contributed by atoms with van der Waals surface area (Å²) in [5.74, 6) is 1.59. The number of hydrogen-bond acceptors (Lipinski definition) is 7. The first-order chi connectivity index (χ1) is 8.74. The van der Waals surface area contributed by atoms with Crippen LogP contribution in [0.15, 0.2) is 16.9 Å². The second-order valence-electron chi connectivity index (χ2n) is 3.88. The zero-order valence-electron chi connectivity index (χ0n) is 10.3. The number of nitrogens with two attached hydrogens (primary N) is 1. The predicted octanol–water partition coefficient (Wildman–Crippen LogP) is 0.987. The maximum Gasteiger partial charge on any atom is 0.229 e. The maximum atomic E-state index is 5.50. The normalized spacial score (nSPS) is 12.4. The van der Waals surface area contributed by atoms with Crippen LogP contribution >= 0.6 is 0 Å². The smallest absolute Gasteiger partial charge is 0.229 e. The molecule has 2 aromatic heterocycles. The van der Waals surface area contributed by atoms with Gasteiger partial charge in [0.2, 0.25) is 17.6 Å². The van der Waals surface area contributed by atoms with Crippen molar-refractivity contribution in [3.05, 3.63) is 18.3 Å². The van der Waals surface area contributed by atoms with E-state index >= 15 is 0 Å². The van der Waals surface area contributed by atoms with Crippen LogP contribution in [-0.4, -0.2) is 33.8 Å². The number of hydrogen-bond donors (Lipinski definition) is 1. The summed E-state index contributed by atoms with van der Waals surface area (Å²) in [6.07, 6.45) is 2.20. The molecule has 1 atom stereocenters. The third-order valence-electron chi connectivity index (χ3n) is 2.54. The minimum absolute atomic E-state index is 0.139. The molecule has 0 aliphatic carbocycles. The first-order valence-electron chi connectivity index (χ1n) is 5.64. The molecule has 0 amide bonds. The lowest BCUT2D eigenvalue weighted by atomic mass is 10.1. The summed E-state index contributed by atoms with van der Waals surface area (Å²) in [5.41, 5.74) is 6.06. The second kappa shape index (κ2) is 5.54. The molecule has 0 spiro atoms. The highest BCUT2D eigenvalue weighted by Crippen LogP contribution is 2.21. The third-order valence-corrected chi connectivity index (χ3v) is 2.54. The van der Waals surface area contributed by atoms with Crippen LogP contribution in [-0.2, 0) is 0 Å². The Morgan fingerprint density at radius 2 is 2.28 bits per heavy atom. The summed E-state index contributed by atoms with van der Waals surface area (Å²) in [6.45, 7) is 2.57. The Kier molecular flexibility index (Phi) is 3.83. The molecule has 0 aliphatic heterocycles. The quantitative estimate of drug-likeness (QED) is 0.843. The van der Waals surface area contributed by atoms with E-state index in [2.05, 4.69) is 20.1 Å². The molecule has 1 unspecified atom stereocenters. The number of methoxy groups -OCH3 is 1. The molecule has 0 radical (unpaired) electrons. The third kappa shape index (κ3) is 2.62. The van der Waals surface area contributed by atoms with E-state index in [1.165, 1.54) is 13.4 Å². The van der Waals surface area contributed by atoms with Crippen LogP contribution in [0.2, 0.25) is 0 Å². The van der Waals surface area contributed by atoms with E-state index in [0.717, 1.165) is 6.42 Å². The van der Waals surface area contributed by atoms with Crippen molar-refractivity contribution in [2.45, 2.75) is 19.3 Å². The van der Waals surface area contributed by atoms with Gasteiger partial charge in [0.1, 0.15) is 12.0 Å². The summed E-state index contributed by atoms with van der Waals surface area (Å²) in [7, 11) is 1.54. The van der Waals surface area contributed by atoms with Gasteiger partial charge in [-0.1, -0.05) is 12.1 Å². The highest BCUT2D eigenvalue weighted by molar-refractivity contribution is 5.49. The van der Waals surface area contributed by atoms with E-state index in [-0.39, 0.29) is 5.92 Å². The highest BCUT2D eigenvalue weighted by Gasteiger charge is 2.15. The molecule has 2 heterocycles. The minimum atomic E-state index is 0.139. The summed E-state index contributed by atoms with van der Waals surface area (Å²) in [4.78, 5) is 12.3. The molecular weight excluding hydrogens is 234 g/mol. The molecule has 0 aromatic carbocycles. The molecule has 96 valence electrons. The van der Waals surface area contributed by atoms with Crippen molar-refractivity contribution in [3.8, 4) is 17.4 Å². The zero-order valence-corrected chi connectivity index (χ0v) is 10.3. The second-order valence-corrected chi connectivity index (χ2v) is 3.88. The molecule has 2 rings (SSSR count). The fourth-order valence-electron chi connectivity index (χ4n) is 1.49. The van der Waals surface area contributed by atoms with E-state index in [1.54, 1.807) is 6.07 Å². The first kappa shape index (κ1) is 12.4. The van der Waals surface area contributed by atoms with Crippen LogP contribution in [0.25, 0.3) is 11.5 Å². The molecule has 0 bridgehead atoms. The minimum Gasteiger partial charge on any atom is -0.481 e. The van der Waals surface area contributed by atoms with Gasteiger partial charge < -0.3 is 15.0 Å². The van der Waals surface area contributed by atoms with Gasteiger partial charge in [-0.3, -0.25) is 0 Å². The monoisotopic (exact) mass is 249 g/mol. The van der Waals surface area contributed by atoms with Gasteiger partial charge in [-0.05, 0) is 13.0 Å². The summed E-state index contributed by atoms with van der Waals surface area (Å²) < 4.78 is 10.2. The Bertz CT molecular complexity index is 514. The van der Waals surface area contributed by atoms with Crippen molar-refractivity contribution in [1.29, 1.82) is 0 Å². The van der Waals surface area contributed by atoms with E-state index in [4.69, 9.17) is 15.0 Å². The van der Waals surface area contributed by atoms with Gasteiger partial charge in [-0.2, -0.15) is 4.98 Å². The Hall–Kier alpha value is -2.02. The van der Waals surface area contributed by atoms with Gasteiger partial charge >= 0.3 is 0 Å². The van der Waals surface area contributed by atoms with Crippen LogP contribution in [0.1, 0.15) is 25.2 Å². The molecule has 2 aromatic rings. The van der Waals surface area contributed by atoms with Crippen molar-refractivity contribution < 1.29 is 9.26 Å². The van der Waals surface area contributed by atoms with Gasteiger partial charge in [-0.15, -0.1) is 0 Å². The number of nitrogens with zero attached hydrogens (tertiary/aromatic N) is 4. The molecule has 2 N–H and O–H groups in total. The Labute approximate surface area is 104 Å². The average Bonchev–Trinajstić information content (AvgIpc) is 2.89. The molecular formula is C11H15N5O2. The zero-order chi connectivity index (χ0) is 13.0. The van der Waals surface area contributed by atoms with E-state index in [0.29, 0.717) is 29.8 Å². The van der Waals surface area contributed by atoms with Crippen molar-refractivity contribution in [2.24, 2.45) is 5.73 Å². The van der Waals surface area contributed by atoms with Crippen LogP contribution in [0.3, 0.4) is 0 Å². The van der Waals surface area contributed by atoms with Crippen LogP contribution < -0.4 is 10.5 Å². The average molecular weight is 249 g/mol. The fourth-order valence-corrected chi connectivity index (χ4v) is 1.49. The molecule has 7 heteroatoms. The van der Waals surface area contributed by atoms with Crippen LogP contribution in [0.5, 0.6) is 5.88 Å². The lowest BCUT2D eigenvalue weighted by Crippen LogP contribution is -2.04.